The summed E-state index contributed by atoms with van der Waals surface area (Å²) in [6.45, 7) is 7.26. The normalized spacial score (nSPS) is 19.4. The summed E-state index contributed by atoms with van der Waals surface area (Å²) < 4.78 is 21.3. The van der Waals surface area contributed by atoms with Crippen molar-refractivity contribution in [2.75, 3.05) is 60.7 Å². The fourth-order valence-corrected chi connectivity index (χ4v) is 5.32. The van der Waals surface area contributed by atoms with Crippen molar-refractivity contribution in [2.24, 2.45) is 0 Å². The fraction of sp³-hybridized carbons (Fsp3) is 0.464. The van der Waals surface area contributed by atoms with Crippen molar-refractivity contribution < 1.29 is 38.4 Å². The predicted octanol–water partition coefficient (Wildman–Crippen LogP) is 2.58. The van der Waals surface area contributed by atoms with E-state index < -0.39 is 23.7 Å². The Kier molecular flexibility index (Phi) is 8.61. The highest BCUT2D eigenvalue weighted by Gasteiger charge is 2.47. The standard InChI is InChI=1S/C28H35N3O8/c1-16-21(17(2)29-23(16)28(35)38-5)25(32)22-24(19-15-18(36-3)7-8-20(19)37-4)31(27(34)26(22)33)10-6-9-30-11-13-39-14-12-30/h7-8,15,24,29,32H,6,9-14H2,1-5H3/b25-22+/t24-/m1/s1. The van der Waals surface area contributed by atoms with Gasteiger partial charge in [0.2, 0.25) is 0 Å². The highest BCUT2D eigenvalue weighted by atomic mass is 16.5. The van der Waals surface area contributed by atoms with Gasteiger partial charge in [0.1, 0.15) is 23.0 Å². The number of amides is 1. The second kappa shape index (κ2) is 11.9. The lowest BCUT2D eigenvalue weighted by Crippen LogP contribution is -2.39. The summed E-state index contributed by atoms with van der Waals surface area (Å²) in [5.74, 6) is -1.57. The van der Waals surface area contributed by atoms with Crippen molar-refractivity contribution in [3.63, 3.8) is 0 Å². The molecule has 2 saturated heterocycles. The van der Waals surface area contributed by atoms with Crippen molar-refractivity contribution in [1.29, 1.82) is 0 Å². The molecular formula is C28H35N3O8. The number of aryl methyl sites for hydroxylation is 1. The number of morpholine rings is 1. The molecule has 1 amide bonds. The SMILES string of the molecule is COC(=O)c1[nH]c(C)c(/C(O)=C2\C(=O)C(=O)N(CCCN3CCOCC3)[C@@H]2c2cc(OC)ccc2OC)c1C. The molecule has 1 atom stereocenters. The molecule has 2 aromatic rings. The van der Waals surface area contributed by atoms with Crippen molar-refractivity contribution in [2.45, 2.75) is 26.3 Å². The number of Topliss-reactive ketones (excluding diaryl/α,β-unsaturated/α-hetero) is 1. The third kappa shape index (κ3) is 5.37. The Morgan fingerprint density at radius 3 is 2.46 bits per heavy atom. The molecule has 2 aliphatic heterocycles. The number of ether oxygens (including phenoxy) is 4. The van der Waals surface area contributed by atoms with Crippen LogP contribution in [0.2, 0.25) is 0 Å². The molecule has 3 heterocycles. The van der Waals surface area contributed by atoms with E-state index in [9.17, 15) is 19.5 Å². The summed E-state index contributed by atoms with van der Waals surface area (Å²) in [5.41, 5.74) is 1.72. The topological polar surface area (TPSA) is 131 Å². The number of carbonyl (C=O) groups is 3. The summed E-state index contributed by atoms with van der Waals surface area (Å²) in [7, 11) is 4.28. The monoisotopic (exact) mass is 541 g/mol. The molecule has 0 bridgehead atoms. The molecule has 11 heteroatoms. The molecule has 0 aliphatic carbocycles. The number of aromatic amines is 1. The van der Waals surface area contributed by atoms with Crippen LogP contribution in [0.1, 0.15) is 45.3 Å². The Bertz CT molecular complexity index is 1290. The number of benzene rings is 1. The van der Waals surface area contributed by atoms with Gasteiger partial charge in [-0.05, 0) is 44.0 Å². The first-order chi connectivity index (χ1) is 18.7. The maximum absolute atomic E-state index is 13.5. The number of hydrogen-bond acceptors (Lipinski definition) is 9. The van der Waals surface area contributed by atoms with Crippen LogP contribution in [0, 0.1) is 13.8 Å². The zero-order valence-electron chi connectivity index (χ0n) is 23.0. The number of ketones is 1. The fourth-order valence-electron chi connectivity index (χ4n) is 5.32. The van der Waals surface area contributed by atoms with Crippen LogP contribution in [0.5, 0.6) is 11.5 Å². The number of nitrogens with zero attached hydrogens (tertiary/aromatic N) is 2. The number of rotatable bonds is 9. The van der Waals surface area contributed by atoms with Crippen molar-refractivity contribution in [3.8, 4) is 11.5 Å². The Labute approximate surface area is 227 Å². The predicted molar refractivity (Wildman–Crippen MR) is 142 cm³/mol. The van der Waals surface area contributed by atoms with Crippen LogP contribution in [-0.2, 0) is 19.1 Å². The number of nitrogens with one attached hydrogen (secondary N) is 1. The average molecular weight is 542 g/mol. The molecule has 39 heavy (non-hydrogen) atoms. The van der Waals surface area contributed by atoms with Gasteiger partial charge in [-0.2, -0.15) is 0 Å². The van der Waals surface area contributed by atoms with E-state index in [-0.39, 0.29) is 29.1 Å². The molecule has 210 valence electrons. The van der Waals surface area contributed by atoms with Gasteiger partial charge in [0.05, 0.1) is 46.2 Å². The summed E-state index contributed by atoms with van der Waals surface area (Å²) in [5, 5.41) is 11.6. The van der Waals surface area contributed by atoms with E-state index in [0.29, 0.717) is 48.0 Å². The zero-order valence-corrected chi connectivity index (χ0v) is 23.0. The van der Waals surface area contributed by atoms with Gasteiger partial charge in [0.15, 0.2) is 0 Å². The second-order valence-electron chi connectivity index (χ2n) is 9.52. The molecule has 11 nitrogen and oxygen atoms in total. The summed E-state index contributed by atoms with van der Waals surface area (Å²) >= 11 is 0. The number of H-pyrrole nitrogens is 1. The number of aliphatic hydroxyl groups is 1. The lowest BCUT2D eigenvalue weighted by Gasteiger charge is -2.29. The van der Waals surface area contributed by atoms with Crippen molar-refractivity contribution >= 4 is 23.4 Å². The summed E-state index contributed by atoms with van der Waals surface area (Å²) in [6.07, 6.45) is 0.616. The number of aromatic nitrogens is 1. The zero-order chi connectivity index (χ0) is 28.3. The number of methoxy groups -OCH3 is 3. The minimum absolute atomic E-state index is 0.0838. The quantitative estimate of drug-likeness (QED) is 0.213. The van der Waals surface area contributed by atoms with Gasteiger partial charge in [-0.3, -0.25) is 14.5 Å². The second-order valence-corrected chi connectivity index (χ2v) is 9.52. The Hall–Kier alpha value is -3.83. The first-order valence-electron chi connectivity index (χ1n) is 12.8. The summed E-state index contributed by atoms with van der Waals surface area (Å²) in [4.78, 5) is 45.9. The van der Waals surface area contributed by atoms with Crippen LogP contribution in [0.4, 0.5) is 0 Å². The maximum Gasteiger partial charge on any atom is 0.354 e. The first-order valence-corrected chi connectivity index (χ1v) is 12.8. The highest BCUT2D eigenvalue weighted by Crippen LogP contribution is 2.44. The van der Waals surface area contributed by atoms with Gasteiger partial charge in [-0.15, -0.1) is 0 Å². The molecule has 0 unspecified atom stereocenters. The van der Waals surface area contributed by atoms with E-state index in [0.717, 1.165) is 19.6 Å². The number of esters is 1. The highest BCUT2D eigenvalue weighted by molar-refractivity contribution is 6.46. The van der Waals surface area contributed by atoms with E-state index in [1.54, 1.807) is 32.0 Å². The summed E-state index contributed by atoms with van der Waals surface area (Å²) in [6, 6.07) is 4.18. The van der Waals surface area contributed by atoms with Gasteiger partial charge in [-0.25, -0.2) is 4.79 Å². The number of likely N-dealkylation sites (tertiary alicyclic amines) is 1. The minimum Gasteiger partial charge on any atom is -0.507 e. The molecule has 2 N–H and O–H groups in total. The minimum atomic E-state index is -0.935. The van der Waals surface area contributed by atoms with Crippen LogP contribution < -0.4 is 9.47 Å². The lowest BCUT2D eigenvalue weighted by molar-refractivity contribution is -0.140. The third-order valence-electron chi connectivity index (χ3n) is 7.31. The molecule has 1 aromatic heterocycles. The van der Waals surface area contributed by atoms with Gasteiger partial charge in [-0.1, -0.05) is 0 Å². The van der Waals surface area contributed by atoms with Crippen molar-refractivity contribution in [3.05, 3.63) is 51.9 Å². The van der Waals surface area contributed by atoms with E-state index >= 15 is 0 Å². The van der Waals surface area contributed by atoms with Crippen LogP contribution >= 0.6 is 0 Å². The van der Waals surface area contributed by atoms with Crippen molar-refractivity contribution in [1.82, 2.24) is 14.8 Å². The average Bonchev–Trinajstić information content (AvgIpc) is 3.39. The molecule has 1 aromatic carbocycles. The Morgan fingerprint density at radius 1 is 1.10 bits per heavy atom. The van der Waals surface area contributed by atoms with Crippen LogP contribution in [0.25, 0.3) is 5.76 Å². The molecule has 2 fully saturated rings. The van der Waals surface area contributed by atoms with Gasteiger partial charge >= 0.3 is 5.97 Å². The van der Waals surface area contributed by atoms with Gasteiger partial charge in [0, 0.05) is 43.0 Å². The molecule has 0 spiro atoms. The Morgan fingerprint density at radius 2 is 1.82 bits per heavy atom. The largest absolute Gasteiger partial charge is 0.507 e. The van der Waals surface area contributed by atoms with Gasteiger partial charge in [0.25, 0.3) is 11.7 Å². The molecule has 4 rings (SSSR count). The van der Waals surface area contributed by atoms with E-state index in [1.807, 2.05) is 0 Å². The number of aliphatic hydroxyl groups excluding tert-OH is 1. The van der Waals surface area contributed by atoms with E-state index in [1.165, 1.54) is 26.2 Å². The lowest BCUT2D eigenvalue weighted by atomic mass is 9.93. The number of carbonyl (C=O) groups excluding carboxylic acids is 3. The smallest absolute Gasteiger partial charge is 0.354 e. The number of hydrogen-bond donors (Lipinski definition) is 2. The van der Waals surface area contributed by atoms with Crippen LogP contribution in [0.15, 0.2) is 23.8 Å². The molecular weight excluding hydrogens is 506 g/mol. The third-order valence-corrected chi connectivity index (χ3v) is 7.31. The first kappa shape index (κ1) is 28.2. The maximum atomic E-state index is 13.5. The van der Waals surface area contributed by atoms with Crippen LogP contribution in [-0.4, -0.2) is 98.3 Å². The molecule has 2 aliphatic rings. The van der Waals surface area contributed by atoms with E-state index in [2.05, 4.69) is 9.88 Å². The van der Waals surface area contributed by atoms with Crippen LogP contribution in [0.3, 0.4) is 0 Å². The molecule has 0 radical (unpaired) electrons. The van der Waals surface area contributed by atoms with Gasteiger partial charge < -0.3 is 33.9 Å². The van der Waals surface area contributed by atoms with E-state index in [4.69, 9.17) is 18.9 Å². The Balaban J connectivity index is 1.82. The molecule has 0 saturated carbocycles.